The van der Waals surface area contributed by atoms with Gasteiger partial charge in [0.1, 0.15) is 5.41 Å². The number of nitrogens with one attached hydrogen (secondary N) is 2. The van der Waals surface area contributed by atoms with Crippen molar-refractivity contribution in [3.05, 3.63) is 0 Å². The van der Waals surface area contributed by atoms with Gasteiger partial charge in [-0.15, -0.1) is 0 Å². The van der Waals surface area contributed by atoms with E-state index in [-0.39, 0.29) is 6.42 Å². The highest BCUT2D eigenvalue weighted by atomic mass is 16.3. The van der Waals surface area contributed by atoms with Gasteiger partial charge in [0.2, 0.25) is 11.8 Å². The molecule has 3 N–H and O–H groups in total. The quantitative estimate of drug-likeness (QED) is 0.631. The Labute approximate surface area is 106 Å². The molecule has 1 heterocycles. The van der Waals surface area contributed by atoms with Crippen LogP contribution >= 0.6 is 0 Å². The van der Waals surface area contributed by atoms with Crippen molar-refractivity contribution in [2.75, 3.05) is 0 Å². The van der Waals surface area contributed by atoms with Gasteiger partial charge in [0.25, 0.3) is 0 Å². The Morgan fingerprint density at radius 1 is 1.11 bits per heavy atom. The zero-order valence-corrected chi connectivity index (χ0v) is 11.0. The van der Waals surface area contributed by atoms with E-state index in [0.717, 1.165) is 0 Å². The van der Waals surface area contributed by atoms with Crippen molar-refractivity contribution in [3.63, 3.8) is 0 Å². The molecule has 4 amide bonds. The van der Waals surface area contributed by atoms with Gasteiger partial charge in [0.15, 0.2) is 0 Å². The molecule has 1 fully saturated rings. The number of carbonyl (C=O) groups excluding carboxylic acids is 3. The summed E-state index contributed by atoms with van der Waals surface area (Å²) in [5, 5.41) is 14.0. The predicted molar refractivity (Wildman–Crippen MR) is 64.6 cm³/mol. The fourth-order valence-electron chi connectivity index (χ4n) is 2.11. The van der Waals surface area contributed by atoms with E-state index in [0.29, 0.717) is 19.3 Å². The van der Waals surface area contributed by atoms with Crippen molar-refractivity contribution in [1.29, 1.82) is 0 Å². The van der Waals surface area contributed by atoms with Crippen molar-refractivity contribution in [3.8, 4) is 0 Å². The van der Waals surface area contributed by atoms with E-state index in [1.807, 2.05) is 6.92 Å². The first kappa shape index (κ1) is 14.6. The molecule has 0 aromatic heterocycles. The number of aliphatic hydroxyl groups is 1. The third-order valence-electron chi connectivity index (χ3n) is 3.16. The SMILES string of the molecule is CCCC1(CCC(C)(C)O)C(=O)NC(=O)NC1=O. The summed E-state index contributed by atoms with van der Waals surface area (Å²) in [5.74, 6) is -1.13. The van der Waals surface area contributed by atoms with Gasteiger partial charge in [-0.25, -0.2) is 4.79 Å². The van der Waals surface area contributed by atoms with Crippen LogP contribution in [-0.2, 0) is 9.59 Å². The number of imide groups is 2. The van der Waals surface area contributed by atoms with Gasteiger partial charge in [-0.05, 0) is 33.1 Å². The third kappa shape index (κ3) is 3.07. The molecule has 0 aliphatic carbocycles. The maximum Gasteiger partial charge on any atom is 0.328 e. The maximum atomic E-state index is 12.0. The lowest BCUT2D eigenvalue weighted by Gasteiger charge is -2.35. The van der Waals surface area contributed by atoms with Crippen molar-refractivity contribution >= 4 is 17.8 Å². The minimum absolute atomic E-state index is 0.218. The fraction of sp³-hybridized carbons (Fsp3) is 0.750. The number of rotatable bonds is 5. The lowest BCUT2D eigenvalue weighted by Crippen LogP contribution is -2.62. The van der Waals surface area contributed by atoms with Gasteiger partial charge in [0.05, 0.1) is 5.60 Å². The molecule has 1 rings (SSSR count). The average Bonchev–Trinajstić information content (AvgIpc) is 2.20. The highest BCUT2D eigenvalue weighted by Crippen LogP contribution is 2.34. The Bertz CT molecular complexity index is 351. The number of hydrogen-bond donors (Lipinski definition) is 3. The minimum Gasteiger partial charge on any atom is -0.390 e. The number of amides is 4. The first-order valence-corrected chi connectivity index (χ1v) is 6.10. The van der Waals surface area contributed by atoms with E-state index in [9.17, 15) is 19.5 Å². The molecular formula is C12H20N2O4. The minimum atomic E-state index is -1.25. The maximum absolute atomic E-state index is 12.0. The summed E-state index contributed by atoms with van der Waals surface area (Å²) < 4.78 is 0. The topological polar surface area (TPSA) is 95.5 Å². The molecule has 6 heteroatoms. The standard InChI is InChI=1S/C12H20N2O4/c1-4-5-12(7-6-11(2,3)18)8(15)13-10(17)14-9(12)16/h18H,4-7H2,1-3H3,(H2,13,14,15,16,17). The van der Waals surface area contributed by atoms with Crippen LogP contribution in [0.3, 0.4) is 0 Å². The van der Waals surface area contributed by atoms with Crippen LogP contribution in [-0.4, -0.2) is 28.6 Å². The Morgan fingerprint density at radius 2 is 1.61 bits per heavy atom. The predicted octanol–water partition coefficient (Wildman–Crippen LogP) is 0.690. The molecule has 0 aromatic rings. The average molecular weight is 256 g/mol. The highest BCUT2D eigenvalue weighted by molar-refractivity contribution is 6.19. The molecule has 0 bridgehead atoms. The fourth-order valence-corrected chi connectivity index (χ4v) is 2.11. The van der Waals surface area contributed by atoms with E-state index in [1.165, 1.54) is 0 Å². The van der Waals surface area contributed by atoms with Gasteiger partial charge < -0.3 is 5.11 Å². The first-order valence-electron chi connectivity index (χ1n) is 6.10. The van der Waals surface area contributed by atoms with Crippen molar-refractivity contribution in [2.24, 2.45) is 5.41 Å². The van der Waals surface area contributed by atoms with E-state index < -0.39 is 28.9 Å². The Balaban J connectivity index is 2.94. The van der Waals surface area contributed by atoms with Crippen molar-refractivity contribution < 1.29 is 19.5 Å². The van der Waals surface area contributed by atoms with Crippen LogP contribution in [0.1, 0.15) is 46.5 Å². The summed E-state index contributed by atoms with van der Waals surface area (Å²) >= 11 is 0. The van der Waals surface area contributed by atoms with E-state index in [1.54, 1.807) is 13.8 Å². The lowest BCUT2D eigenvalue weighted by molar-refractivity contribution is -0.146. The number of carbonyl (C=O) groups is 3. The molecule has 0 aromatic carbocycles. The summed E-state index contributed by atoms with van der Waals surface area (Å²) in [7, 11) is 0. The van der Waals surface area contributed by atoms with Crippen LogP contribution in [0.2, 0.25) is 0 Å². The lowest BCUT2D eigenvalue weighted by atomic mass is 9.74. The first-order chi connectivity index (χ1) is 8.21. The molecule has 102 valence electrons. The number of urea groups is 1. The molecule has 1 saturated heterocycles. The van der Waals surface area contributed by atoms with Crippen LogP contribution in [0.15, 0.2) is 0 Å². The van der Waals surface area contributed by atoms with Gasteiger partial charge in [0, 0.05) is 0 Å². The molecule has 1 aliphatic heterocycles. The smallest absolute Gasteiger partial charge is 0.328 e. The van der Waals surface area contributed by atoms with Crippen LogP contribution < -0.4 is 10.6 Å². The molecular weight excluding hydrogens is 236 g/mol. The second-order valence-corrected chi connectivity index (χ2v) is 5.38. The van der Waals surface area contributed by atoms with Crippen molar-refractivity contribution in [1.82, 2.24) is 10.6 Å². The molecule has 0 spiro atoms. The summed E-state index contributed by atoms with van der Waals surface area (Å²) in [5.41, 5.74) is -2.20. The summed E-state index contributed by atoms with van der Waals surface area (Å²) in [6, 6.07) is -0.778. The molecule has 1 aliphatic rings. The molecule has 0 radical (unpaired) electrons. The van der Waals surface area contributed by atoms with Crippen LogP contribution in [0, 0.1) is 5.41 Å². The van der Waals surface area contributed by atoms with E-state index in [4.69, 9.17) is 0 Å². The second-order valence-electron chi connectivity index (χ2n) is 5.38. The summed E-state index contributed by atoms with van der Waals surface area (Å²) in [4.78, 5) is 35.0. The van der Waals surface area contributed by atoms with E-state index >= 15 is 0 Å². The van der Waals surface area contributed by atoms with E-state index in [2.05, 4.69) is 10.6 Å². The van der Waals surface area contributed by atoms with Gasteiger partial charge in [-0.2, -0.15) is 0 Å². The summed E-state index contributed by atoms with van der Waals surface area (Å²) in [6.45, 7) is 5.11. The van der Waals surface area contributed by atoms with Crippen LogP contribution in [0.25, 0.3) is 0 Å². The Kier molecular flexibility index (Phi) is 4.11. The molecule has 18 heavy (non-hydrogen) atoms. The number of hydrogen-bond acceptors (Lipinski definition) is 4. The molecule has 0 saturated carbocycles. The van der Waals surface area contributed by atoms with Gasteiger partial charge in [-0.1, -0.05) is 13.3 Å². The highest BCUT2D eigenvalue weighted by Gasteiger charge is 2.49. The van der Waals surface area contributed by atoms with Gasteiger partial charge >= 0.3 is 6.03 Å². The molecule has 6 nitrogen and oxygen atoms in total. The van der Waals surface area contributed by atoms with Crippen molar-refractivity contribution in [2.45, 2.75) is 52.1 Å². The number of barbiturate groups is 1. The zero-order valence-electron chi connectivity index (χ0n) is 11.0. The largest absolute Gasteiger partial charge is 0.390 e. The Hall–Kier alpha value is -1.43. The Morgan fingerprint density at radius 3 is 2.00 bits per heavy atom. The van der Waals surface area contributed by atoms with Crippen LogP contribution in [0.5, 0.6) is 0 Å². The van der Waals surface area contributed by atoms with Crippen LogP contribution in [0.4, 0.5) is 4.79 Å². The second kappa shape index (κ2) is 5.06. The normalized spacial score (nSPS) is 19.4. The monoisotopic (exact) mass is 256 g/mol. The molecule has 0 unspecified atom stereocenters. The summed E-state index contributed by atoms with van der Waals surface area (Å²) in [6.07, 6.45) is 1.52. The zero-order chi connectivity index (χ0) is 14.0. The van der Waals surface area contributed by atoms with Gasteiger partial charge in [-0.3, -0.25) is 20.2 Å². The third-order valence-corrected chi connectivity index (χ3v) is 3.16. The molecule has 0 atom stereocenters.